The molecule has 1 aromatic heterocycles. The molecule has 0 N–H and O–H groups in total. The summed E-state index contributed by atoms with van der Waals surface area (Å²) in [6, 6.07) is 13.7. The van der Waals surface area contributed by atoms with Gasteiger partial charge in [-0.25, -0.2) is 13.3 Å². The van der Waals surface area contributed by atoms with Gasteiger partial charge in [0.1, 0.15) is 0 Å². The van der Waals surface area contributed by atoms with Crippen LogP contribution in [-0.2, 0) is 26.1 Å². The molecule has 2 aromatic carbocycles. The van der Waals surface area contributed by atoms with E-state index in [2.05, 4.69) is 17.0 Å². The Morgan fingerprint density at radius 1 is 0.968 bits per heavy atom. The lowest BCUT2D eigenvalue weighted by Crippen LogP contribution is -2.33. The Balaban J connectivity index is 1.37. The van der Waals surface area contributed by atoms with Crippen LogP contribution in [0.2, 0.25) is 0 Å². The maximum Gasteiger partial charge on any atom is 0.341 e. The lowest BCUT2D eigenvalue weighted by molar-refractivity contribution is 0.245. The molecule has 1 aliphatic heterocycles. The Hall–Kier alpha value is -2.84. The third kappa shape index (κ3) is 4.75. The maximum absolute atomic E-state index is 12.7. The Morgan fingerprint density at radius 2 is 1.68 bits per heavy atom. The van der Waals surface area contributed by atoms with Crippen LogP contribution in [0.15, 0.2) is 52.1 Å². The number of hydrogen-bond acceptors (Lipinski definition) is 6. The van der Waals surface area contributed by atoms with Crippen molar-refractivity contribution in [3.05, 3.63) is 79.3 Å². The van der Waals surface area contributed by atoms with Crippen LogP contribution >= 0.6 is 11.5 Å². The Kier molecular flexibility index (Phi) is 6.58. The summed E-state index contributed by atoms with van der Waals surface area (Å²) in [5.41, 5.74) is 3.27. The van der Waals surface area contributed by atoms with Crippen molar-refractivity contribution in [2.45, 2.75) is 32.5 Å². The summed E-state index contributed by atoms with van der Waals surface area (Å²) in [5, 5.41) is 0. The molecule has 0 fully saturated rings. The van der Waals surface area contributed by atoms with Gasteiger partial charge in [0.05, 0.1) is 20.8 Å². The van der Waals surface area contributed by atoms with E-state index in [0.29, 0.717) is 13.1 Å². The SMILES string of the molecule is COc1cc2c(cc1OC)CN(CCCn1sc(=O)n(Cc3ccccc3)c1=O)CC2. The minimum Gasteiger partial charge on any atom is -0.493 e. The van der Waals surface area contributed by atoms with Gasteiger partial charge in [-0.2, -0.15) is 0 Å². The Bertz CT molecular complexity index is 1150. The molecule has 0 atom stereocenters. The zero-order valence-electron chi connectivity index (χ0n) is 17.9. The summed E-state index contributed by atoms with van der Waals surface area (Å²) in [6.07, 6.45) is 1.77. The van der Waals surface area contributed by atoms with Crippen LogP contribution in [0, 0.1) is 0 Å². The monoisotopic (exact) mass is 441 g/mol. The van der Waals surface area contributed by atoms with Crippen LogP contribution < -0.4 is 20.0 Å². The number of hydrogen-bond donors (Lipinski definition) is 0. The summed E-state index contributed by atoms with van der Waals surface area (Å²) < 4.78 is 13.7. The van der Waals surface area contributed by atoms with E-state index in [9.17, 15) is 9.59 Å². The highest BCUT2D eigenvalue weighted by atomic mass is 32.1. The second kappa shape index (κ2) is 9.53. The van der Waals surface area contributed by atoms with Crippen molar-refractivity contribution in [2.75, 3.05) is 27.3 Å². The molecule has 2 heterocycles. The first-order valence-corrected chi connectivity index (χ1v) is 11.2. The minimum atomic E-state index is -0.223. The van der Waals surface area contributed by atoms with Crippen molar-refractivity contribution in [2.24, 2.45) is 0 Å². The number of benzene rings is 2. The van der Waals surface area contributed by atoms with E-state index in [4.69, 9.17) is 9.47 Å². The van der Waals surface area contributed by atoms with Gasteiger partial charge < -0.3 is 9.47 Å². The van der Waals surface area contributed by atoms with Crippen molar-refractivity contribution in [3.8, 4) is 11.5 Å². The summed E-state index contributed by atoms with van der Waals surface area (Å²) in [6.45, 7) is 3.54. The van der Waals surface area contributed by atoms with Crippen LogP contribution in [-0.4, -0.2) is 40.7 Å². The van der Waals surface area contributed by atoms with Gasteiger partial charge in [-0.15, -0.1) is 0 Å². The van der Waals surface area contributed by atoms with Crippen LogP contribution in [0.3, 0.4) is 0 Å². The number of ether oxygens (including phenoxy) is 2. The van der Waals surface area contributed by atoms with E-state index < -0.39 is 0 Å². The highest BCUT2D eigenvalue weighted by Gasteiger charge is 2.19. The second-order valence-corrected chi connectivity index (χ2v) is 8.64. The molecule has 8 heteroatoms. The highest BCUT2D eigenvalue weighted by Crippen LogP contribution is 2.33. The number of nitrogens with zero attached hydrogens (tertiary/aromatic N) is 3. The molecule has 3 aromatic rings. The fourth-order valence-corrected chi connectivity index (χ4v) is 4.83. The van der Waals surface area contributed by atoms with E-state index in [1.807, 2.05) is 30.3 Å². The van der Waals surface area contributed by atoms with Crippen molar-refractivity contribution in [1.82, 2.24) is 13.4 Å². The summed E-state index contributed by atoms with van der Waals surface area (Å²) in [4.78, 5) is 27.1. The lowest BCUT2D eigenvalue weighted by atomic mass is 9.98. The normalized spacial score (nSPS) is 13.7. The van der Waals surface area contributed by atoms with Gasteiger partial charge in [-0.05, 0) is 41.7 Å². The Labute approximate surface area is 185 Å². The molecule has 164 valence electrons. The zero-order chi connectivity index (χ0) is 21.8. The first-order chi connectivity index (χ1) is 15.1. The largest absolute Gasteiger partial charge is 0.493 e. The van der Waals surface area contributed by atoms with Crippen molar-refractivity contribution < 1.29 is 9.47 Å². The first-order valence-electron chi connectivity index (χ1n) is 10.4. The van der Waals surface area contributed by atoms with E-state index in [1.165, 1.54) is 15.7 Å². The van der Waals surface area contributed by atoms with E-state index in [0.717, 1.165) is 61.1 Å². The number of fused-ring (bicyclic) bond motifs is 1. The molecule has 0 saturated heterocycles. The van der Waals surface area contributed by atoms with E-state index >= 15 is 0 Å². The maximum atomic E-state index is 12.7. The summed E-state index contributed by atoms with van der Waals surface area (Å²) in [7, 11) is 3.31. The van der Waals surface area contributed by atoms with Gasteiger partial charge in [0.15, 0.2) is 11.5 Å². The average Bonchev–Trinajstić information content (AvgIpc) is 3.06. The Morgan fingerprint density at radius 3 is 2.39 bits per heavy atom. The quantitative estimate of drug-likeness (QED) is 0.538. The van der Waals surface area contributed by atoms with Gasteiger partial charge in [-0.3, -0.25) is 9.69 Å². The van der Waals surface area contributed by atoms with Crippen LogP contribution in [0.5, 0.6) is 11.5 Å². The van der Waals surface area contributed by atoms with Crippen molar-refractivity contribution in [3.63, 3.8) is 0 Å². The van der Waals surface area contributed by atoms with E-state index in [1.54, 1.807) is 18.2 Å². The molecular formula is C23H27N3O4S. The van der Waals surface area contributed by atoms with Crippen molar-refractivity contribution in [1.29, 1.82) is 0 Å². The number of aromatic nitrogens is 2. The van der Waals surface area contributed by atoms with Crippen LogP contribution in [0.4, 0.5) is 0 Å². The predicted molar refractivity (Wildman–Crippen MR) is 122 cm³/mol. The number of aryl methyl sites for hydroxylation is 1. The molecule has 0 unspecified atom stereocenters. The van der Waals surface area contributed by atoms with Gasteiger partial charge in [-0.1, -0.05) is 30.3 Å². The molecule has 0 radical (unpaired) electrons. The standard InChI is InChI=1S/C23H27N3O4S/c1-29-20-13-18-9-12-24(16-19(18)14-21(20)30-2)10-6-11-26-22(27)25(23(28)31-26)15-17-7-4-3-5-8-17/h3-5,7-8,13-14H,6,9-12,15-16H2,1-2H3. The third-order valence-corrected chi connectivity index (χ3v) is 6.60. The zero-order valence-corrected chi connectivity index (χ0v) is 18.7. The highest BCUT2D eigenvalue weighted by molar-refractivity contribution is 7.03. The summed E-state index contributed by atoms with van der Waals surface area (Å²) in [5.74, 6) is 1.52. The third-order valence-electron chi connectivity index (χ3n) is 5.67. The molecular weight excluding hydrogens is 414 g/mol. The van der Waals surface area contributed by atoms with Crippen molar-refractivity contribution >= 4 is 11.5 Å². The average molecular weight is 442 g/mol. The molecule has 31 heavy (non-hydrogen) atoms. The first kappa shape index (κ1) is 21.4. The van der Waals surface area contributed by atoms with E-state index in [-0.39, 0.29) is 10.6 Å². The molecule has 0 spiro atoms. The smallest absolute Gasteiger partial charge is 0.341 e. The van der Waals surface area contributed by atoms with Gasteiger partial charge in [0.2, 0.25) is 0 Å². The van der Waals surface area contributed by atoms with Crippen LogP contribution in [0.25, 0.3) is 0 Å². The molecule has 7 nitrogen and oxygen atoms in total. The fraction of sp³-hybridized carbons (Fsp3) is 0.391. The molecule has 4 rings (SSSR count). The lowest BCUT2D eigenvalue weighted by Gasteiger charge is -2.29. The molecule has 0 amide bonds. The van der Waals surface area contributed by atoms with Crippen LogP contribution in [0.1, 0.15) is 23.1 Å². The van der Waals surface area contributed by atoms with Gasteiger partial charge >= 0.3 is 10.6 Å². The topological polar surface area (TPSA) is 65.7 Å². The second-order valence-electron chi connectivity index (χ2n) is 7.67. The summed E-state index contributed by atoms with van der Waals surface area (Å²) >= 11 is 1.01. The molecule has 0 saturated carbocycles. The number of rotatable bonds is 8. The van der Waals surface area contributed by atoms with Gasteiger partial charge in [0, 0.05) is 37.7 Å². The fourth-order valence-electron chi connectivity index (χ4n) is 4.01. The molecule has 0 aliphatic carbocycles. The number of methoxy groups -OCH3 is 2. The molecule has 0 bridgehead atoms. The predicted octanol–water partition coefficient (Wildman–Crippen LogP) is 2.59. The minimum absolute atomic E-state index is 0.207. The van der Waals surface area contributed by atoms with Gasteiger partial charge in [0.25, 0.3) is 0 Å². The molecule has 1 aliphatic rings.